The smallest absolute Gasteiger partial charge is 0.337 e. The van der Waals surface area contributed by atoms with E-state index >= 15 is 0 Å². The molecule has 0 fully saturated rings. The van der Waals surface area contributed by atoms with Crippen LogP contribution in [0.2, 0.25) is 0 Å². The standard InChI is InChI=1S/C16H13NO4/c1-20-16(19)11-4-2-3-10(7-11)14-8-13(18)12-5-6-17-9-15(12)21-14/h2-7,9,14H,8H2,1H3/t14-/m0/s1. The van der Waals surface area contributed by atoms with Crippen molar-refractivity contribution in [3.63, 3.8) is 0 Å². The Morgan fingerprint density at radius 3 is 3.05 bits per heavy atom. The molecule has 1 aromatic heterocycles. The summed E-state index contributed by atoms with van der Waals surface area (Å²) < 4.78 is 10.5. The number of fused-ring (bicyclic) bond motifs is 1. The fourth-order valence-electron chi connectivity index (χ4n) is 2.35. The van der Waals surface area contributed by atoms with Crippen molar-refractivity contribution >= 4 is 11.8 Å². The first kappa shape index (κ1) is 13.3. The van der Waals surface area contributed by atoms with Crippen LogP contribution in [-0.4, -0.2) is 23.8 Å². The van der Waals surface area contributed by atoms with Crippen molar-refractivity contribution in [1.29, 1.82) is 0 Å². The van der Waals surface area contributed by atoms with E-state index in [2.05, 4.69) is 4.98 Å². The molecule has 2 aromatic rings. The SMILES string of the molecule is COC(=O)c1cccc([C@@H]2CC(=O)c3ccncc3O2)c1. The van der Waals surface area contributed by atoms with Gasteiger partial charge in [0.25, 0.3) is 0 Å². The molecule has 0 N–H and O–H groups in total. The number of aromatic nitrogens is 1. The minimum absolute atomic E-state index is 0.00659. The lowest BCUT2D eigenvalue weighted by atomic mass is 9.96. The van der Waals surface area contributed by atoms with Gasteiger partial charge in [0.2, 0.25) is 0 Å². The number of hydrogen-bond acceptors (Lipinski definition) is 5. The fourth-order valence-corrected chi connectivity index (χ4v) is 2.35. The maximum Gasteiger partial charge on any atom is 0.337 e. The lowest BCUT2D eigenvalue weighted by molar-refractivity contribution is 0.0600. The van der Waals surface area contributed by atoms with E-state index in [0.717, 1.165) is 5.56 Å². The summed E-state index contributed by atoms with van der Waals surface area (Å²) >= 11 is 0. The van der Waals surface area contributed by atoms with Crippen molar-refractivity contribution in [2.45, 2.75) is 12.5 Å². The van der Waals surface area contributed by atoms with Gasteiger partial charge < -0.3 is 9.47 Å². The maximum atomic E-state index is 12.1. The van der Waals surface area contributed by atoms with Crippen molar-refractivity contribution < 1.29 is 19.1 Å². The Bertz CT molecular complexity index is 711. The van der Waals surface area contributed by atoms with Gasteiger partial charge in [-0.3, -0.25) is 9.78 Å². The lowest BCUT2D eigenvalue weighted by Gasteiger charge is -2.25. The third kappa shape index (κ3) is 2.50. The number of rotatable bonds is 2. The van der Waals surface area contributed by atoms with E-state index in [9.17, 15) is 9.59 Å². The number of ether oxygens (including phenoxy) is 2. The number of methoxy groups -OCH3 is 1. The molecule has 1 atom stereocenters. The third-order valence-electron chi connectivity index (χ3n) is 3.40. The van der Waals surface area contributed by atoms with Crippen LogP contribution in [0, 0.1) is 0 Å². The first-order chi connectivity index (χ1) is 10.2. The summed E-state index contributed by atoms with van der Waals surface area (Å²) in [7, 11) is 1.33. The Hall–Kier alpha value is -2.69. The maximum absolute atomic E-state index is 12.1. The number of ketones is 1. The van der Waals surface area contributed by atoms with Gasteiger partial charge in [0.1, 0.15) is 11.9 Å². The van der Waals surface area contributed by atoms with E-state index in [0.29, 0.717) is 16.9 Å². The summed E-state index contributed by atoms with van der Waals surface area (Å²) in [6, 6.07) is 8.57. The quantitative estimate of drug-likeness (QED) is 0.792. The highest BCUT2D eigenvalue weighted by Crippen LogP contribution is 2.34. The highest BCUT2D eigenvalue weighted by Gasteiger charge is 2.28. The minimum Gasteiger partial charge on any atom is -0.483 e. The predicted octanol–water partition coefficient (Wildman–Crippen LogP) is 2.57. The van der Waals surface area contributed by atoms with Crippen molar-refractivity contribution in [3.8, 4) is 5.75 Å². The number of carbonyl (C=O) groups excluding carboxylic acids is 2. The van der Waals surface area contributed by atoms with Crippen molar-refractivity contribution in [2.75, 3.05) is 7.11 Å². The molecule has 0 unspecified atom stereocenters. The first-order valence-electron chi connectivity index (χ1n) is 6.51. The fraction of sp³-hybridized carbons (Fsp3) is 0.188. The highest BCUT2D eigenvalue weighted by atomic mass is 16.5. The van der Waals surface area contributed by atoms with Crippen molar-refractivity contribution in [3.05, 3.63) is 59.4 Å². The summed E-state index contributed by atoms with van der Waals surface area (Å²) in [6.45, 7) is 0. The van der Waals surface area contributed by atoms with Gasteiger partial charge in [-0.05, 0) is 23.8 Å². The number of Topliss-reactive ketones (excluding diaryl/α,β-unsaturated/α-hetero) is 1. The zero-order valence-electron chi connectivity index (χ0n) is 11.4. The Kier molecular flexibility index (Phi) is 3.39. The molecular weight excluding hydrogens is 270 g/mol. The van der Waals surface area contributed by atoms with E-state index in [1.54, 1.807) is 30.5 Å². The van der Waals surface area contributed by atoms with Crippen molar-refractivity contribution in [2.24, 2.45) is 0 Å². The van der Waals surface area contributed by atoms with Gasteiger partial charge in [-0.25, -0.2) is 4.79 Å². The molecular formula is C16H13NO4. The molecule has 0 saturated heterocycles. The molecule has 106 valence electrons. The summed E-state index contributed by atoms with van der Waals surface area (Å²) in [5.41, 5.74) is 1.74. The molecule has 0 saturated carbocycles. The Labute approximate surface area is 121 Å². The van der Waals surface area contributed by atoms with Crippen LogP contribution in [0.3, 0.4) is 0 Å². The van der Waals surface area contributed by atoms with E-state index < -0.39 is 12.1 Å². The van der Waals surface area contributed by atoms with E-state index in [4.69, 9.17) is 9.47 Å². The Morgan fingerprint density at radius 1 is 1.38 bits per heavy atom. The van der Waals surface area contributed by atoms with Gasteiger partial charge >= 0.3 is 5.97 Å². The van der Waals surface area contributed by atoms with Gasteiger partial charge in [0.05, 0.1) is 30.9 Å². The third-order valence-corrected chi connectivity index (χ3v) is 3.40. The Balaban J connectivity index is 1.93. The molecule has 0 bridgehead atoms. The van der Waals surface area contributed by atoms with E-state index in [1.807, 2.05) is 6.07 Å². The second kappa shape index (κ2) is 5.36. The summed E-state index contributed by atoms with van der Waals surface area (Å²) in [5, 5.41) is 0. The second-order valence-electron chi connectivity index (χ2n) is 4.72. The van der Waals surface area contributed by atoms with Crippen LogP contribution >= 0.6 is 0 Å². The topological polar surface area (TPSA) is 65.5 Å². The molecule has 0 spiro atoms. The molecule has 1 aliphatic heterocycles. The monoisotopic (exact) mass is 283 g/mol. The normalized spacial score (nSPS) is 16.8. The highest BCUT2D eigenvalue weighted by molar-refractivity contribution is 5.99. The van der Waals surface area contributed by atoms with Crippen LogP contribution in [0.25, 0.3) is 0 Å². The lowest BCUT2D eigenvalue weighted by Crippen LogP contribution is -2.20. The number of pyridine rings is 1. The number of hydrogen-bond donors (Lipinski definition) is 0. The van der Waals surface area contributed by atoms with Gasteiger partial charge in [-0.15, -0.1) is 0 Å². The Morgan fingerprint density at radius 2 is 2.24 bits per heavy atom. The molecule has 1 aromatic carbocycles. The van der Waals surface area contributed by atoms with E-state index in [1.165, 1.54) is 13.3 Å². The predicted molar refractivity (Wildman–Crippen MR) is 74.3 cm³/mol. The van der Waals surface area contributed by atoms with Crippen LogP contribution in [0.4, 0.5) is 0 Å². The van der Waals surface area contributed by atoms with Crippen LogP contribution in [-0.2, 0) is 4.74 Å². The molecule has 21 heavy (non-hydrogen) atoms. The molecule has 0 radical (unpaired) electrons. The number of nitrogens with zero attached hydrogens (tertiary/aromatic N) is 1. The number of esters is 1. The first-order valence-corrected chi connectivity index (χ1v) is 6.51. The van der Waals surface area contributed by atoms with Gasteiger partial charge in [-0.1, -0.05) is 12.1 Å². The molecule has 3 rings (SSSR count). The largest absolute Gasteiger partial charge is 0.483 e. The van der Waals surface area contributed by atoms with Crippen LogP contribution in [0.1, 0.15) is 38.8 Å². The van der Waals surface area contributed by atoms with E-state index in [-0.39, 0.29) is 12.2 Å². The van der Waals surface area contributed by atoms with Crippen LogP contribution in [0.5, 0.6) is 5.75 Å². The number of carbonyl (C=O) groups is 2. The zero-order chi connectivity index (χ0) is 14.8. The van der Waals surface area contributed by atoms with Crippen LogP contribution in [0.15, 0.2) is 42.7 Å². The zero-order valence-corrected chi connectivity index (χ0v) is 11.4. The summed E-state index contributed by atoms with van der Waals surface area (Å²) in [6.07, 6.45) is 2.92. The average molecular weight is 283 g/mol. The van der Waals surface area contributed by atoms with Gasteiger partial charge in [0.15, 0.2) is 5.78 Å². The minimum atomic E-state index is -0.418. The van der Waals surface area contributed by atoms with Gasteiger partial charge in [-0.2, -0.15) is 0 Å². The molecule has 0 aliphatic carbocycles. The molecule has 5 heteroatoms. The molecule has 1 aliphatic rings. The number of benzene rings is 1. The average Bonchev–Trinajstić information content (AvgIpc) is 2.54. The van der Waals surface area contributed by atoms with Crippen molar-refractivity contribution in [1.82, 2.24) is 4.98 Å². The summed E-state index contributed by atoms with van der Waals surface area (Å²) in [4.78, 5) is 27.7. The molecule has 2 heterocycles. The second-order valence-corrected chi connectivity index (χ2v) is 4.72. The molecule has 5 nitrogen and oxygen atoms in total. The summed E-state index contributed by atoms with van der Waals surface area (Å²) in [5.74, 6) is 0.0652. The van der Waals surface area contributed by atoms with Crippen LogP contribution < -0.4 is 4.74 Å². The molecule has 0 amide bonds. The van der Waals surface area contributed by atoms with Gasteiger partial charge in [0, 0.05) is 6.20 Å².